The van der Waals surface area contributed by atoms with Crippen molar-refractivity contribution in [3.63, 3.8) is 0 Å². The number of nitrogens with zero attached hydrogens (tertiary/aromatic N) is 1. The number of hydrogen-bond acceptors (Lipinski definition) is 3. The number of carbonyl (C=O) groups excluding carboxylic acids is 1. The molecule has 1 aliphatic rings. The van der Waals surface area contributed by atoms with Crippen LogP contribution in [0.2, 0.25) is 0 Å². The zero-order valence-electron chi connectivity index (χ0n) is 9.11. The molecule has 0 amide bonds. The molecule has 0 aromatic carbocycles. The summed E-state index contributed by atoms with van der Waals surface area (Å²) in [4.78, 5) is 12.6. The normalized spacial score (nSPS) is 16.9. The quantitative estimate of drug-likeness (QED) is 0.712. The van der Waals surface area contributed by atoms with Crippen molar-refractivity contribution in [3.05, 3.63) is 17.9 Å². The standard InChI is InChI=1S/C12H17NO2/c1-13(8-10-4-2-3-5-10)12-7-6-11(9-14)15-12/h6-7,9-10H,2-5,8H2,1H3. The van der Waals surface area contributed by atoms with Crippen molar-refractivity contribution >= 4 is 12.2 Å². The lowest BCUT2D eigenvalue weighted by atomic mass is 10.1. The molecule has 0 saturated heterocycles. The van der Waals surface area contributed by atoms with Crippen LogP contribution < -0.4 is 4.90 Å². The number of carbonyl (C=O) groups is 1. The highest BCUT2D eigenvalue weighted by atomic mass is 16.4. The monoisotopic (exact) mass is 207 g/mol. The van der Waals surface area contributed by atoms with E-state index >= 15 is 0 Å². The molecule has 1 heterocycles. The van der Waals surface area contributed by atoms with E-state index in [2.05, 4.69) is 4.90 Å². The summed E-state index contributed by atoms with van der Waals surface area (Å²) >= 11 is 0. The molecule has 0 N–H and O–H groups in total. The number of anilines is 1. The largest absolute Gasteiger partial charge is 0.438 e. The highest BCUT2D eigenvalue weighted by Crippen LogP contribution is 2.27. The maximum absolute atomic E-state index is 10.5. The van der Waals surface area contributed by atoms with E-state index in [1.54, 1.807) is 6.07 Å². The van der Waals surface area contributed by atoms with Gasteiger partial charge in [-0.15, -0.1) is 0 Å². The first kappa shape index (κ1) is 10.3. The molecule has 0 radical (unpaired) electrons. The Morgan fingerprint density at radius 3 is 2.80 bits per heavy atom. The summed E-state index contributed by atoms with van der Waals surface area (Å²) in [5.41, 5.74) is 0. The van der Waals surface area contributed by atoms with Gasteiger partial charge in [0.1, 0.15) is 0 Å². The molecule has 1 saturated carbocycles. The molecule has 1 fully saturated rings. The van der Waals surface area contributed by atoms with E-state index in [9.17, 15) is 4.79 Å². The van der Waals surface area contributed by atoms with E-state index in [-0.39, 0.29) is 0 Å². The van der Waals surface area contributed by atoms with Gasteiger partial charge in [0.05, 0.1) is 0 Å². The number of hydrogen-bond donors (Lipinski definition) is 0. The molecule has 0 unspecified atom stereocenters. The topological polar surface area (TPSA) is 33.5 Å². The Bertz CT molecular complexity index is 326. The van der Waals surface area contributed by atoms with Gasteiger partial charge in [0.25, 0.3) is 0 Å². The van der Waals surface area contributed by atoms with Crippen molar-refractivity contribution < 1.29 is 9.21 Å². The third-order valence-electron chi connectivity index (χ3n) is 3.11. The highest BCUT2D eigenvalue weighted by Gasteiger charge is 2.18. The molecule has 3 nitrogen and oxygen atoms in total. The SMILES string of the molecule is CN(CC1CCCC1)c1ccc(C=O)o1. The lowest BCUT2D eigenvalue weighted by Crippen LogP contribution is -2.23. The highest BCUT2D eigenvalue weighted by molar-refractivity contribution is 5.71. The fourth-order valence-corrected chi connectivity index (χ4v) is 2.28. The van der Waals surface area contributed by atoms with E-state index in [0.29, 0.717) is 5.76 Å². The second-order valence-corrected chi connectivity index (χ2v) is 4.32. The van der Waals surface area contributed by atoms with Crippen molar-refractivity contribution in [1.82, 2.24) is 0 Å². The first-order valence-electron chi connectivity index (χ1n) is 5.56. The maximum atomic E-state index is 10.5. The molecule has 0 aliphatic heterocycles. The van der Waals surface area contributed by atoms with Crippen molar-refractivity contribution in [2.45, 2.75) is 25.7 Å². The molecule has 15 heavy (non-hydrogen) atoms. The Kier molecular flexibility index (Phi) is 3.09. The van der Waals surface area contributed by atoms with E-state index in [4.69, 9.17) is 4.42 Å². The second-order valence-electron chi connectivity index (χ2n) is 4.32. The molecular weight excluding hydrogens is 190 g/mol. The van der Waals surface area contributed by atoms with E-state index in [0.717, 1.165) is 24.6 Å². The fourth-order valence-electron chi connectivity index (χ4n) is 2.28. The lowest BCUT2D eigenvalue weighted by molar-refractivity contribution is 0.110. The third-order valence-corrected chi connectivity index (χ3v) is 3.11. The first-order valence-corrected chi connectivity index (χ1v) is 5.56. The molecule has 1 aromatic rings. The van der Waals surface area contributed by atoms with E-state index < -0.39 is 0 Å². The Morgan fingerprint density at radius 2 is 2.20 bits per heavy atom. The summed E-state index contributed by atoms with van der Waals surface area (Å²) in [7, 11) is 2.02. The van der Waals surface area contributed by atoms with Crippen LogP contribution in [0.4, 0.5) is 5.88 Å². The number of furan rings is 1. The summed E-state index contributed by atoms with van der Waals surface area (Å²) in [6.07, 6.45) is 6.11. The predicted molar refractivity (Wildman–Crippen MR) is 59.3 cm³/mol. The molecule has 1 aromatic heterocycles. The van der Waals surface area contributed by atoms with Crippen LogP contribution in [0.1, 0.15) is 36.2 Å². The Hall–Kier alpha value is -1.25. The van der Waals surface area contributed by atoms with Crippen LogP contribution in [0.3, 0.4) is 0 Å². The average molecular weight is 207 g/mol. The number of rotatable bonds is 4. The van der Waals surface area contributed by atoms with Gasteiger partial charge in [-0.2, -0.15) is 0 Å². The molecule has 82 valence electrons. The van der Waals surface area contributed by atoms with Gasteiger partial charge >= 0.3 is 0 Å². The first-order chi connectivity index (χ1) is 7.29. The van der Waals surface area contributed by atoms with Crippen molar-refractivity contribution in [3.8, 4) is 0 Å². The van der Waals surface area contributed by atoms with Crippen molar-refractivity contribution in [2.24, 2.45) is 5.92 Å². The van der Waals surface area contributed by atoms with E-state index in [1.807, 2.05) is 13.1 Å². The van der Waals surface area contributed by atoms with Crippen LogP contribution >= 0.6 is 0 Å². The van der Waals surface area contributed by atoms with Crippen LogP contribution in [0.5, 0.6) is 0 Å². The van der Waals surface area contributed by atoms with Crippen LogP contribution in [0.25, 0.3) is 0 Å². The Labute approximate surface area is 90.1 Å². The van der Waals surface area contributed by atoms with Crippen LogP contribution in [0.15, 0.2) is 16.5 Å². The van der Waals surface area contributed by atoms with Crippen LogP contribution in [-0.2, 0) is 0 Å². The molecule has 2 rings (SSSR count). The van der Waals surface area contributed by atoms with Gasteiger partial charge in [-0.1, -0.05) is 12.8 Å². The van der Waals surface area contributed by atoms with Gasteiger partial charge in [0.15, 0.2) is 17.9 Å². The van der Waals surface area contributed by atoms with Gasteiger partial charge in [-0.25, -0.2) is 0 Å². The maximum Gasteiger partial charge on any atom is 0.196 e. The molecule has 0 spiro atoms. The molecule has 1 aliphatic carbocycles. The molecule has 3 heteroatoms. The zero-order valence-corrected chi connectivity index (χ0v) is 9.11. The minimum absolute atomic E-state index is 0.406. The number of aldehydes is 1. The van der Waals surface area contributed by atoms with Gasteiger partial charge in [-0.05, 0) is 24.8 Å². The Balaban J connectivity index is 1.94. The minimum atomic E-state index is 0.406. The summed E-state index contributed by atoms with van der Waals surface area (Å²) in [5.74, 6) is 1.99. The molecular formula is C12H17NO2. The predicted octanol–water partition coefficient (Wildman–Crippen LogP) is 2.72. The third kappa shape index (κ3) is 2.41. The van der Waals surface area contributed by atoms with E-state index in [1.165, 1.54) is 25.7 Å². The summed E-state index contributed by atoms with van der Waals surface area (Å²) < 4.78 is 5.36. The van der Waals surface area contributed by atoms with Gasteiger partial charge < -0.3 is 9.32 Å². The van der Waals surface area contributed by atoms with Crippen LogP contribution in [0, 0.1) is 5.92 Å². The lowest BCUT2D eigenvalue weighted by Gasteiger charge is -2.19. The summed E-state index contributed by atoms with van der Waals surface area (Å²) in [6.45, 7) is 1.03. The van der Waals surface area contributed by atoms with Gasteiger partial charge in [-0.3, -0.25) is 4.79 Å². The molecule has 0 bridgehead atoms. The van der Waals surface area contributed by atoms with Gasteiger partial charge in [0, 0.05) is 19.7 Å². The molecule has 0 atom stereocenters. The van der Waals surface area contributed by atoms with Crippen molar-refractivity contribution in [2.75, 3.05) is 18.5 Å². The minimum Gasteiger partial charge on any atom is -0.438 e. The van der Waals surface area contributed by atoms with Gasteiger partial charge in [0.2, 0.25) is 0 Å². The average Bonchev–Trinajstić information content (AvgIpc) is 2.86. The fraction of sp³-hybridized carbons (Fsp3) is 0.583. The summed E-state index contributed by atoms with van der Waals surface area (Å²) in [6, 6.07) is 3.58. The summed E-state index contributed by atoms with van der Waals surface area (Å²) in [5, 5.41) is 0. The second kappa shape index (κ2) is 4.51. The zero-order chi connectivity index (χ0) is 10.7. The smallest absolute Gasteiger partial charge is 0.196 e. The van der Waals surface area contributed by atoms with Crippen molar-refractivity contribution in [1.29, 1.82) is 0 Å². The van der Waals surface area contributed by atoms with Crippen LogP contribution in [-0.4, -0.2) is 19.9 Å². The Morgan fingerprint density at radius 1 is 1.47 bits per heavy atom.